The SMILES string of the molecule is Nc1cc(F)c(F)cc1-c1nc(N2CCCCCC2)no1. The molecule has 0 unspecified atom stereocenters. The fraction of sp³-hybridized carbons (Fsp3) is 0.429. The molecule has 1 aliphatic heterocycles. The lowest BCUT2D eigenvalue weighted by atomic mass is 10.1. The first-order chi connectivity index (χ1) is 10.1. The van der Waals surface area contributed by atoms with E-state index in [-0.39, 0.29) is 17.1 Å². The molecule has 1 fully saturated rings. The Kier molecular flexibility index (Phi) is 3.72. The maximum atomic E-state index is 13.3. The third-order valence-electron chi connectivity index (χ3n) is 3.63. The molecule has 0 bridgehead atoms. The highest BCUT2D eigenvalue weighted by molar-refractivity contribution is 5.70. The molecule has 0 aliphatic carbocycles. The maximum absolute atomic E-state index is 13.3. The minimum atomic E-state index is -0.997. The molecule has 2 N–H and O–H groups in total. The van der Waals surface area contributed by atoms with Gasteiger partial charge in [-0.2, -0.15) is 4.98 Å². The van der Waals surface area contributed by atoms with Crippen LogP contribution < -0.4 is 10.6 Å². The first kappa shape index (κ1) is 13.8. The Morgan fingerprint density at radius 1 is 1.05 bits per heavy atom. The number of halogens is 2. The number of nitrogen functional groups attached to an aromatic ring is 1. The first-order valence-electron chi connectivity index (χ1n) is 6.98. The predicted octanol–water partition coefficient (Wildman–Crippen LogP) is 2.98. The molecule has 112 valence electrons. The van der Waals surface area contributed by atoms with Gasteiger partial charge in [0.1, 0.15) is 0 Å². The Hall–Kier alpha value is -2.18. The van der Waals surface area contributed by atoms with Gasteiger partial charge in [-0.25, -0.2) is 8.78 Å². The Morgan fingerprint density at radius 2 is 1.71 bits per heavy atom. The smallest absolute Gasteiger partial charge is 0.266 e. The van der Waals surface area contributed by atoms with Gasteiger partial charge in [0.25, 0.3) is 11.8 Å². The molecule has 0 saturated carbocycles. The van der Waals surface area contributed by atoms with Crippen LogP contribution >= 0.6 is 0 Å². The quantitative estimate of drug-likeness (QED) is 0.862. The van der Waals surface area contributed by atoms with Crippen molar-refractivity contribution in [3.63, 3.8) is 0 Å². The van der Waals surface area contributed by atoms with Crippen molar-refractivity contribution in [2.75, 3.05) is 23.7 Å². The molecule has 21 heavy (non-hydrogen) atoms. The van der Waals surface area contributed by atoms with Gasteiger partial charge in [0.15, 0.2) is 11.6 Å². The molecule has 1 aromatic carbocycles. The van der Waals surface area contributed by atoms with Crippen LogP contribution in [0.5, 0.6) is 0 Å². The molecule has 1 aliphatic rings. The second-order valence-electron chi connectivity index (χ2n) is 5.15. The van der Waals surface area contributed by atoms with Crippen LogP contribution in [-0.4, -0.2) is 23.2 Å². The van der Waals surface area contributed by atoms with Gasteiger partial charge in [0.05, 0.1) is 5.56 Å². The summed E-state index contributed by atoms with van der Waals surface area (Å²) in [5.41, 5.74) is 5.97. The average molecular weight is 294 g/mol. The van der Waals surface area contributed by atoms with Crippen molar-refractivity contribution in [1.29, 1.82) is 0 Å². The zero-order chi connectivity index (χ0) is 14.8. The van der Waals surface area contributed by atoms with Crippen molar-refractivity contribution in [2.24, 2.45) is 0 Å². The van der Waals surface area contributed by atoms with E-state index in [1.165, 1.54) is 12.8 Å². The second kappa shape index (κ2) is 5.67. The highest BCUT2D eigenvalue weighted by atomic mass is 19.2. The second-order valence-corrected chi connectivity index (χ2v) is 5.15. The summed E-state index contributed by atoms with van der Waals surface area (Å²) in [5, 5.41) is 3.92. The van der Waals surface area contributed by atoms with E-state index in [2.05, 4.69) is 10.1 Å². The van der Waals surface area contributed by atoms with Crippen molar-refractivity contribution in [3.05, 3.63) is 23.8 Å². The largest absolute Gasteiger partial charge is 0.398 e. The summed E-state index contributed by atoms with van der Waals surface area (Å²) >= 11 is 0. The summed E-state index contributed by atoms with van der Waals surface area (Å²) in [6.45, 7) is 1.73. The van der Waals surface area contributed by atoms with E-state index in [1.807, 2.05) is 4.90 Å². The maximum Gasteiger partial charge on any atom is 0.266 e. The van der Waals surface area contributed by atoms with Gasteiger partial charge in [-0.3, -0.25) is 0 Å². The van der Waals surface area contributed by atoms with E-state index < -0.39 is 11.6 Å². The van der Waals surface area contributed by atoms with Crippen LogP contribution in [0.25, 0.3) is 11.5 Å². The van der Waals surface area contributed by atoms with Crippen LogP contribution in [0.4, 0.5) is 20.4 Å². The van der Waals surface area contributed by atoms with E-state index in [0.717, 1.165) is 38.1 Å². The lowest BCUT2D eigenvalue weighted by Gasteiger charge is -2.16. The molecular weight excluding hydrogens is 278 g/mol. The summed E-state index contributed by atoms with van der Waals surface area (Å²) < 4.78 is 31.6. The number of anilines is 2. The van der Waals surface area contributed by atoms with Gasteiger partial charge in [-0.15, -0.1) is 0 Å². The zero-order valence-corrected chi connectivity index (χ0v) is 11.5. The van der Waals surface area contributed by atoms with Crippen LogP contribution in [0.15, 0.2) is 16.7 Å². The summed E-state index contributed by atoms with van der Waals surface area (Å²) in [6, 6.07) is 1.89. The Morgan fingerprint density at radius 3 is 2.43 bits per heavy atom. The van der Waals surface area contributed by atoms with Crippen LogP contribution in [0.2, 0.25) is 0 Å². The Balaban J connectivity index is 1.89. The van der Waals surface area contributed by atoms with Crippen LogP contribution in [0.1, 0.15) is 25.7 Å². The lowest BCUT2D eigenvalue weighted by Crippen LogP contribution is -2.24. The zero-order valence-electron chi connectivity index (χ0n) is 11.5. The van der Waals surface area contributed by atoms with Crippen molar-refractivity contribution in [3.8, 4) is 11.5 Å². The molecule has 0 amide bonds. The van der Waals surface area contributed by atoms with Crippen LogP contribution in [-0.2, 0) is 0 Å². The molecule has 2 heterocycles. The molecule has 3 rings (SSSR count). The number of nitrogens with two attached hydrogens (primary N) is 1. The minimum Gasteiger partial charge on any atom is -0.398 e. The highest BCUT2D eigenvalue weighted by Crippen LogP contribution is 2.28. The molecule has 7 heteroatoms. The van der Waals surface area contributed by atoms with Crippen LogP contribution in [0, 0.1) is 11.6 Å². The third kappa shape index (κ3) is 2.81. The van der Waals surface area contributed by atoms with Crippen molar-refractivity contribution in [2.45, 2.75) is 25.7 Å². The number of hydrogen-bond donors (Lipinski definition) is 1. The van der Waals surface area contributed by atoms with Crippen LogP contribution in [0.3, 0.4) is 0 Å². The fourth-order valence-corrected chi connectivity index (χ4v) is 2.47. The Bertz CT molecular complexity index is 636. The van der Waals surface area contributed by atoms with Crippen molar-refractivity contribution >= 4 is 11.6 Å². The van der Waals surface area contributed by atoms with E-state index in [0.29, 0.717) is 5.95 Å². The monoisotopic (exact) mass is 294 g/mol. The van der Waals surface area contributed by atoms with Gasteiger partial charge in [0, 0.05) is 24.8 Å². The lowest BCUT2D eigenvalue weighted by molar-refractivity contribution is 0.428. The molecule has 2 aromatic rings. The van der Waals surface area contributed by atoms with Crippen molar-refractivity contribution < 1.29 is 13.3 Å². The van der Waals surface area contributed by atoms with Gasteiger partial charge in [-0.1, -0.05) is 12.8 Å². The number of aromatic nitrogens is 2. The number of nitrogens with zero attached hydrogens (tertiary/aromatic N) is 3. The summed E-state index contributed by atoms with van der Waals surface area (Å²) in [4.78, 5) is 6.29. The molecule has 1 saturated heterocycles. The van der Waals surface area contributed by atoms with E-state index in [4.69, 9.17) is 10.3 Å². The van der Waals surface area contributed by atoms with E-state index in [9.17, 15) is 8.78 Å². The molecule has 5 nitrogen and oxygen atoms in total. The topological polar surface area (TPSA) is 68.2 Å². The highest BCUT2D eigenvalue weighted by Gasteiger charge is 2.19. The van der Waals surface area contributed by atoms with Gasteiger partial charge < -0.3 is 15.2 Å². The standard InChI is InChI=1S/C14H16F2N4O/c15-10-7-9(12(17)8-11(10)16)13-18-14(19-21-13)20-5-3-1-2-4-6-20/h7-8H,1-6,17H2. The molecule has 1 aromatic heterocycles. The van der Waals surface area contributed by atoms with E-state index >= 15 is 0 Å². The predicted molar refractivity (Wildman–Crippen MR) is 74.7 cm³/mol. The van der Waals surface area contributed by atoms with Gasteiger partial charge in [-0.05, 0) is 24.1 Å². The minimum absolute atomic E-state index is 0.0694. The number of benzene rings is 1. The number of rotatable bonds is 2. The van der Waals surface area contributed by atoms with Gasteiger partial charge >= 0.3 is 0 Å². The molecule has 0 atom stereocenters. The number of hydrogen-bond acceptors (Lipinski definition) is 5. The molecule has 0 spiro atoms. The average Bonchev–Trinajstić information content (AvgIpc) is 2.78. The summed E-state index contributed by atoms with van der Waals surface area (Å²) in [6.07, 6.45) is 4.54. The Labute approximate surface area is 120 Å². The van der Waals surface area contributed by atoms with Gasteiger partial charge in [0.2, 0.25) is 0 Å². The molecule has 0 radical (unpaired) electrons. The first-order valence-corrected chi connectivity index (χ1v) is 6.98. The fourth-order valence-electron chi connectivity index (χ4n) is 2.47. The summed E-state index contributed by atoms with van der Waals surface area (Å²) in [5.74, 6) is -1.42. The van der Waals surface area contributed by atoms with E-state index in [1.54, 1.807) is 0 Å². The van der Waals surface area contributed by atoms with Crippen molar-refractivity contribution in [1.82, 2.24) is 10.1 Å². The third-order valence-corrected chi connectivity index (χ3v) is 3.63. The molecular formula is C14H16F2N4O. The summed E-state index contributed by atoms with van der Waals surface area (Å²) in [7, 11) is 0. The normalized spacial score (nSPS) is 16.0.